The third kappa shape index (κ3) is 2.13. The second kappa shape index (κ2) is 3.83. The maximum atomic E-state index is 8.75. The standard InChI is InChI=1S/C5H10N6O2/c6-3-8-4(7)10-5(9-3)11(1-12)2-13/h12-13H,1-2H2,(H4,6,7,8,9,10). The molecule has 0 bridgehead atoms. The van der Waals surface area contributed by atoms with Gasteiger partial charge in [0.25, 0.3) is 0 Å². The molecule has 0 saturated heterocycles. The molecule has 0 aliphatic rings. The smallest absolute Gasteiger partial charge is 0.235 e. The first kappa shape index (κ1) is 9.42. The van der Waals surface area contributed by atoms with Gasteiger partial charge in [-0.05, 0) is 0 Å². The third-order valence-electron chi connectivity index (χ3n) is 1.28. The first-order chi connectivity index (χ1) is 6.17. The SMILES string of the molecule is Nc1nc(N)nc(N(CO)CO)n1. The van der Waals surface area contributed by atoms with E-state index in [1.807, 2.05) is 0 Å². The van der Waals surface area contributed by atoms with Gasteiger partial charge in [0, 0.05) is 0 Å². The highest BCUT2D eigenvalue weighted by Crippen LogP contribution is 2.07. The second-order valence-corrected chi connectivity index (χ2v) is 2.17. The number of aliphatic hydroxyl groups excluding tert-OH is 2. The number of nitrogens with two attached hydrogens (primary N) is 2. The zero-order valence-corrected chi connectivity index (χ0v) is 6.75. The first-order valence-electron chi connectivity index (χ1n) is 3.41. The lowest BCUT2D eigenvalue weighted by Gasteiger charge is -2.15. The normalized spacial score (nSPS) is 10.0. The van der Waals surface area contributed by atoms with Crippen LogP contribution in [0.5, 0.6) is 0 Å². The molecule has 0 aromatic carbocycles. The summed E-state index contributed by atoms with van der Waals surface area (Å²) in [7, 11) is 0. The molecule has 0 fully saturated rings. The number of hydrogen-bond donors (Lipinski definition) is 4. The fourth-order valence-corrected chi connectivity index (χ4v) is 0.710. The summed E-state index contributed by atoms with van der Waals surface area (Å²) in [6, 6.07) is 0. The van der Waals surface area contributed by atoms with Crippen LogP contribution in [-0.2, 0) is 0 Å². The van der Waals surface area contributed by atoms with Crippen LogP contribution in [0.15, 0.2) is 0 Å². The zero-order valence-electron chi connectivity index (χ0n) is 6.75. The molecule has 0 radical (unpaired) electrons. The van der Waals surface area contributed by atoms with Crippen molar-refractivity contribution in [3.8, 4) is 0 Å². The molecule has 8 heteroatoms. The zero-order chi connectivity index (χ0) is 9.84. The van der Waals surface area contributed by atoms with Gasteiger partial charge in [0.15, 0.2) is 0 Å². The molecule has 0 aliphatic carbocycles. The molecule has 1 rings (SSSR count). The molecule has 1 aromatic rings. The summed E-state index contributed by atoms with van der Waals surface area (Å²) in [5.41, 5.74) is 10.5. The summed E-state index contributed by atoms with van der Waals surface area (Å²) in [4.78, 5) is 11.9. The van der Waals surface area contributed by atoms with Gasteiger partial charge < -0.3 is 21.7 Å². The van der Waals surface area contributed by atoms with E-state index in [1.54, 1.807) is 0 Å². The van der Waals surface area contributed by atoms with Crippen molar-refractivity contribution in [1.29, 1.82) is 0 Å². The summed E-state index contributed by atoms with van der Waals surface area (Å²) < 4.78 is 0. The Morgan fingerprint density at radius 1 is 1.00 bits per heavy atom. The van der Waals surface area contributed by atoms with Crippen molar-refractivity contribution in [2.24, 2.45) is 0 Å². The Labute approximate surface area is 73.8 Å². The molecular weight excluding hydrogens is 176 g/mol. The van der Waals surface area contributed by atoms with Gasteiger partial charge in [0.1, 0.15) is 13.5 Å². The molecule has 0 aliphatic heterocycles. The maximum Gasteiger partial charge on any atom is 0.235 e. The fourth-order valence-electron chi connectivity index (χ4n) is 0.710. The summed E-state index contributed by atoms with van der Waals surface area (Å²) in [6.07, 6.45) is 0. The van der Waals surface area contributed by atoms with E-state index in [1.165, 1.54) is 0 Å². The van der Waals surface area contributed by atoms with E-state index in [0.717, 1.165) is 4.90 Å². The van der Waals surface area contributed by atoms with Gasteiger partial charge in [-0.3, -0.25) is 4.90 Å². The Bertz CT molecular complexity index is 268. The Hall–Kier alpha value is -1.67. The van der Waals surface area contributed by atoms with E-state index in [0.29, 0.717) is 0 Å². The summed E-state index contributed by atoms with van der Waals surface area (Å²) in [5, 5.41) is 17.5. The molecule has 0 saturated carbocycles. The molecule has 6 N–H and O–H groups in total. The van der Waals surface area contributed by atoms with Crippen molar-refractivity contribution in [3.05, 3.63) is 0 Å². The average molecular weight is 186 g/mol. The minimum Gasteiger partial charge on any atom is -0.376 e. The van der Waals surface area contributed by atoms with Gasteiger partial charge in [0.2, 0.25) is 17.8 Å². The van der Waals surface area contributed by atoms with Crippen LogP contribution in [0.2, 0.25) is 0 Å². The van der Waals surface area contributed by atoms with Crippen LogP contribution in [0.25, 0.3) is 0 Å². The van der Waals surface area contributed by atoms with E-state index in [9.17, 15) is 0 Å². The highest BCUT2D eigenvalue weighted by atomic mass is 16.3. The van der Waals surface area contributed by atoms with Crippen molar-refractivity contribution in [2.45, 2.75) is 0 Å². The number of anilines is 3. The lowest BCUT2D eigenvalue weighted by atomic mass is 10.7. The van der Waals surface area contributed by atoms with Crippen molar-refractivity contribution < 1.29 is 10.2 Å². The lowest BCUT2D eigenvalue weighted by Crippen LogP contribution is -2.27. The predicted molar refractivity (Wildman–Crippen MR) is 45.3 cm³/mol. The average Bonchev–Trinajstić information content (AvgIpc) is 2.04. The highest BCUT2D eigenvalue weighted by molar-refractivity contribution is 5.38. The van der Waals surface area contributed by atoms with Gasteiger partial charge in [-0.25, -0.2) is 0 Å². The van der Waals surface area contributed by atoms with Crippen LogP contribution >= 0.6 is 0 Å². The second-order valence-electron chi connectivity index (χ2n) is 2.17. The molecule has 8 nitrogen and oxygen atoms in total. The van der Waals surface area contributed by atoms with Gasteiger partial charge in [-0.1, -0.05) is 0 Å². The number of aromatic nitrogens is 3. The molecule has 0 atom stereocenters. The lowest BCUT2D eigenvalue weighted by molar-refractivity contribution is 0.220. The van der Waals surface area contributed by atoms with E-state index >= 15 is 0 Å². The quantitative estimate of drug-likeness (QED) is 0.388. The third-order valence-corrected chi connectivity index (χ3v) is 1.28. The van der Waals surface area contributed by atoms with E-state index in [-0.39, 0.29) is 17.8 Å². The number of aliphatic hydroxyl groups is 2. The Kier molecular flexibility index (Phi) is 2.77. The molecule has 1 aromatic heterocycles. The Morgan fingerprint density at radius 2 is 1.46 bits per heavy atom. The van der Waals surface area contributed by atoms with Crippen molar-refractivity contribution in [3.63, 3.8) is 0 Å². The molecule has 0 unspecified atom stereocenters. The van der Waals surface area contributed by atoms with E-state index < -0.39 is 13.5 Å². The van der Waals surface area contributed by atoms with Crippen molar-refractivity contribution in [2.75, 3.05) is 29.8 Å². The highest BCUT2D eigenvalue weighted by Gasteiger charge is 2.08. The minimum atomic E-state index is -0.431. The Balaban J connectivity index is 2.99. The molecular formula is C5H10N6O2. The number of nitrogens with zero attached hydrogens (tertiary/aromatic N) is 4. The monoisotopic (exact) mass is 186 g/mol. The van der Waals surface area contributed by atoms with Crippen LogP contribution < -0.4 is 16.4 Å². The predicted octanol–water partition coefficient (Wildman–Crippen LogP) is -2.26. The van der Waals surface area contributed by atoms with Crippen LogP contribution in [0.3, 0.4) is 0 Å². The molecule has 72 valence electrons. The van der Waals surface area contributed by atoms with Crippen LogP contribution in [0.4, 0.5) is 17.8 Å². The van der Waals surface area contributed by atoms with Crippen LogP contribution in [0.1, 0.15) is 0 Å². The van der Waals surface area contributed by atoms with Gasteiger partial charge in [-0.2, -0.15) is 15.0 Å². The topological polar surface area (TPSA) is 134 Å². The molecule has 13 heavy (non-hydrogen) atoms. The fraction of sp³-hybridized carbons (Fsp3) is 0.400. The van der Waals surface area contributed by atoms with E-state index in [2.05, 4.69) is 15.0 Å². The van der Waals surface area contributed by atoms with Gasteiger partial charge >= 0.3 is 0 Å². The van der Waals surface area contributed by atoms with Crippen molar-refractivity contribution >= 4 is 17.8 Å². The molecule has 0 spiro atoms. The summed E-state index contributed by atoms with van der Waals surface area (Å²) >= 11 is 0. The summed E-state index contributed by atoms with van der Waals surface area (Å²) in [6.45, 7) is -0.862. The summed E-state index contributed by atoms with van der Waals surface area (Å²) in [5.74, 6) is -0.0844. The van der Waals surface area contributed by atoms with Crippen molar-refractivity contribution in [1.82, 2.24) is 15.0 Å². The Morgan fingerprint density at radius 3 is 1.85 bits per heavy atom. The van der Waals surface area contributed by atoms with Gasteiger partial charge in [-0.15, -0.1) is 0 Å². The number of hydrogen-bond acceptors (Lipinski definition) is 8. The number of rotatable bonds is 3. The molecule has 0 amide bonds. The van der Waals surface area contributed by atoms with Crippen LogP contribution in [-0.4, -0.2) is 38.6 Å². The maximum absolute atomic E-state index is 8.75. The minimum absolute atomic E-state index is 0.0370. The van der Waals surface area contributed by atoms with Gasteiger partial charge in [0.05, 0.1) is 0 Å². The van der Waals surface area contributed by atoms with E-state index in [4.69, 9.17) is 21.7 Å². The largest absolute Gasteiger partial charge is 0.376 e. The van der Waals surface area contributed by atoms with Crippen LogP contribution in [0, 0.1) is 0 Å². The first-order valence-corrected chi connectivity index (χ1v) is 3.41. The number of nitrogen functional groups attached to an aromatic ring is 2. The molecule has 1 heterocycles.